The molecule has 62 valence electrons. The molecule has 0 radical (unpaired) electrons. The second kappa shape index (κ2) is 2.56. The van der Waals surface area contributed by atoms with Crippen molar-refractivity contribution in [2.75, 3.05) is 0 Å². The Hall–Kier alpha value is -1.43. The fraction of sp³-hybridized carbons (Fsp3) is 0.167. The molecule has 0 aliphatic carbocycles. The molecule has 12 heavy (non-hydrogen) atoms. The molecule has 0 saturated carbocycles. The quantitative estimate of drug-likeness (QED) is 0.641. The third-order valence-electron chi connectivity index (χ3n) is 1.56. The van der Waals surface area contributed by atoms with E-state index in [4.69, 9.17) is 12.2 Å². The van der Waals surface area contributed by atoms with E-state index in [2.05, 4.69) is 20.3 Å². The van der Waals surface area contributed by atoms with Crippen LogP contribution in [0, 0.1) is 4.77 Å². The first-order valence-corrected chi connectivity index (χ1v) is 3.81. The molecule has 0 amide bonds. The van der Waals surface area contributed by atoms with E-state index in [0.717, 1.165) is 5.69 Å². The molecule has 5 nitrogen and oxygen atoms in total. The summed E-state index contributed by atoms with van der Waals surface area (Å²) in [6, 6.07) is 1.86. The first kappa shape index (κ1) is 7.23. The fourth-order valence-electron chi connectivity index (χ4n) is 0.998. The van der Waals surface area contributed by atoms with Crippen LogP contribution in [0.4, 0.5) is 0 Å². The standard InChI is InChI=1S/C6H7N5S/c1-11-4(2-3-7-11)5-8-6(12)10-9-5/h2-3H,1H3,(H2,8,9,10,12). The van der Waals surface area contributed by atoms with Crippen LogP contribution in [0.3, 0.4) is 0 Å². The largest absolute Gasteiger partial charge is 0.280 e. The number of aryl methyl sites for hydroxylation is 1. The van der Waals surface area contributed by atoms with Gasteiger partial charge in [-0.2, -0.15) is 10.1 Å². The van der Waals surface area contributed by atoms with Crippen molar-refractivity contribution in [3.05, 3.63) is 17.0 Å². The summed E-state index contributed by atoms with van der Waals surface area (Å²) < 4.78 is 2.17. The van der Waals surface area contributed by atoms with Crippen LogP contribution < -0.4 is 0 Å². The molecule has 0 unspecified atom stereocenters. The van der Waals surface area contributed by atoms with Gasteiger partial charge in [0.1, 0.15) is 5.69 Å². The Morgan fingerprint density at radius 3 is 2.83 bits per heavy atom. The SMILES string of the molecule is Cn1nccc1-c1nc(=S)[nH][nH]1. The molecular formula is C6H7N5S. The number of H-pyrrole nitrogens is 2. The van der Waals surface area contributed by atoms with Crippen LogP contribution in [0.1, 0.15) is 0 Å². The van der Waals surface area contributed by atoms with Crippen molar-refractivity contribution in [1.82, 2.24) is 25.0 Å². The Labute approximate surface area is 73.4 Å². The lowest BCUT2D eigenvalue weighted by Crippen LogP contribution is -1.94. The highest BCUT2D eigenvalue weighted by Gasteiger charge is 2.03. The van der Waals surface area contributed by atoms with Crippen molar-refractivity contribution in [3.8, 4) is 11.5 Å². The second-order valence-electron chi connectivity index (χ2n) is 2.36. The zero-order valence-electron chi connectivity index (χ0n) is 6.40. The van der Waals surface area contributed by atoms with Crippen molar-refractivity contribution in [3.63, 3.8) is 0 Å². The maximum absolute atomic E-state index is 4.82. The summed E-state index contributed by atoms with van der Waals surface area (Å²) in [5, 5.41) is 9.58. The van der Waals surface area contributed by atoms with Gasteiger partial charge in [-0.15, -0.1) is 0 Å². The maximum Gasteiger partial charge on any atom is 0.213 e. The minimum Gasteiger partial charge on any atom is -0.280 e. The number of nitrogens with one attached hydrogen (secondary N) is 2. The first-order valence-electron chi connectivity index (χ1n) is 3.40. The molecule has 0 saturated heterocycles. The molecule has 2 aromatic rings. The summed E-state index contributed by atoms with van der Waals surface area (Å²) >= 11 is 4.82. The van der Waals surface area contributed by atoms with Gasteiger partial charge in [0, 0.05) is 13.2 Å². The number of rotatable bonds is 1. The van der Waals surface area contributed by atoms with Crippen LogP contribution in [0.15, 0.2) is 12.3 Å². The Balaban J connectivity index is 2.57. The number of hydrogen-bond acceptors (Lipinski definition) is 3. The molecular weight excluding hydrogens is 174 g/mol. The summed E-state index contributed by atoms with van der Waals surface area (Å²) in [4.78, 5) is 4.06. The predicted molar refractivity (Wildman–Crippen MR) is 46.0 cm³/mol. The lowest BCUT2D eigenvalue weighted by molar-refractivity contribution is 0.770. The molecule has 0 bridgehead atoms. The van der Waals surface area contributed by atoms with E-state index in [1.54, 1.807) is 10.9 Å². The Bertz CT molecular complexity index is 436. The van der Waals surface area contributed by atoms with Gasteiger partial charge in [-0.05, 0) is 18.3 Å². The average molecular weight is 181 g/mol. The van der Waals surface area contributed by atoms with Gasteiger partial charge in [0.2, 0.25) is 4.77 Å². The highest BCUT2D eigenvalue weighted by atomic mass is 32.1. The highest BCUT2D eigenvalue weighted by molar-refractivity contribution is 7.71. The molecule has 0 aliphatic rings. The maximum atomic E-state index is 4.82. The molecule has 2 rings (SSSR count). The summed E-state index contributed by atoms with van der Waals surface area (Å²) in [7, 11) is 1.85. The van der Waals surface area contributed by atoms with Gasteiger partial charge >= 0.3 is 0 Å². The summed E-state index contributed by atoms with van der Waals surface area (Å²) in [6.07, 6.45) is 1.71. The average Bonchev–Trinajstić information content (AvgIpc) is 2.58. The summed E-state index contributed by atoms with van der Waals surface area (Å²) in [6.45, 7) is 0. The van der Waals surface area contributed by atoms with Crippen LogP contribution in [0.5, 0.6) is 0 Å². The van der Waals surface area contributed by atoms with Crippen molar-refractivity contribution in [2.24, 2.45) is 7.05 Å². The fourth-order valence-corrected chi connectivity index (χ4v) is 1.14. The smallest absolute Gasteiger partial charge is 0.213 e. The topological polar surface area (TPSA) is 62.3 Å². The van der Waals surface area contributed by atoms with Crippen LogP contribution >= 0.6 is 12.2 Å². The molecule has 0 atom stereocenters. The van der Waals surface area contributed by atoms with Crippen LogP contribution in [-0.2, 0) is 7.05 Å². The van der Waals surface area contributed by atoms with Crippen LogP contribution in [0.25, 0.3) is 11.5 Å². The molecule has 6 heteroatoms. The number of hydrogen-bond donors (Lipinski definition) is 2. The summed E-state index contributed by atoms with van der Waals surface area (Å²) in [5.41, 5.74) is 0.905. The van der Waals surface area contributed by atoms with Crippen molar-refractivity contribution >= 4 is 12.2 Å². The lowest BCUT2D eigenvalue weighted by Gasteiger charge is -1.94. The Kier molecular flexibility index (Phi) is 1.54. The third-order valence-corrected chi connectivity index (χ3v) is 1.76. The van der Waals surface area contributed by atoms with E-state index in [9.17, 15) is 0 Å². The number of aromatic amines is 2. The normalized spacial score (nSPS) is 10.4. The molecule has 2 heterocycles. The van der Waals surface area contributed by atoms with Crippen LogP contribution in [0.2, 0.25) is 0 Å². The number of nitrogens with zero attached hydrogens (tertiary/aromatic N) is 3. The lowest BCUT2D eigenvalue weighted by atomic mass is 10.4. The molecule has 0 aliphatic heterocycles. The number of aromatic nitrogens is 5. The van der Waals surface area contributed by atoms with E-state index < -0.39 is 0 Å². The van der Waals surface area contributed by atoms with Gasteiger partial charge in [0.15, 0.2) is 5.82 Å². The zero-order valence-corrected chi connectivity index (χ0v) is 7.22. The summed E-state index contributed by atoms with van der Waals surface area (Å²) in [5.74, 6) is 0.708. The molecule has 0 aromatic carbocycles. The van der Waals surface area contributed by atoms with Crippen molar-refractivity contribution < 1.29 is 0 Å². The van der Waals surface area contributed by atoms with Gasteiger partial charge in [-0.3, -0.25) is 14.9 Å². The van der Waals surface area contributed by atoms with Crippen molar-refractivity contribution in [1.29, 1.82) is 0 Å². The van der Waals surface area contributed by atoms with Gasteiger partial charge in [-0.1, -0.05) is 0 Å². The van der Waals surface area contributed by atoms with Gasteiger partial charge in [-0.25, -0.2) is 0 Å². The van der Waals surface area contributed by atoms with Gasteiger partial charge in [0.25, 0.3) is 0 Å². The Morgan fingerprint density at radius 1 is 1.50 bits per heavy atom. The van der Waals surface area contributed by atoms with Crippen LogP contribution in [-0.4, -0.2) is 25.0 Å². The van der Waals surface area contributed by atoms with E-state index >= 15 is 0 Å². The highest BCUT2D eigenvalue weighted by Crippen LogP contribution is 2.10. The van der Waals surface area contributed by atoms with E-state index in [1.165, 1.54) is 0 Å². The third kappa shape index (κ3) is 1.06. The molecule has 2 aromatic heterocycles. The first-order chi connectivity index (χ1) is 5.77. The van der Waals surface area contributed by atoms with E-state index in [0.29, 0.717) is 10.6 Å². The molecule has 0 spiro atoms. The van der Waals surface area contributed by atoms with E-state index in [-0.39, 0.29) is 0 Å². The van der Waals surface area contributed by atoms with E-state index in [1.807, 2.05) is 13.1 Å². The second-order valence-corrected chi connectivity index (χ2v) is 2.74. The van der Waals surface area contributed by atoms with Gasteiger partial charge < -0.3 is 0 Å². The predicted octanol–water partition coefficient (Wildman–Crippen LogP) is 0.868. The monoisotopic (exact) mass is 181 g/mol. The molecule has 0 fully saturated rings. The van der Waals surface area contributed by atoms with Gasteiger partial charge in [0.05, 0.1) is 0 Å². The minimum absolute atomic E-state index is 0.450. The zero-order chi connectivity index (χ0) is 8.55. The van der Waals surface area contributed by atoms with Crippen molar-refractivity contribution in [2.45, 2.75) is 0 Å². The Morgan fingerprint density at radius 2 is 2.33 bits per heavy atom. The minimum atomic E-state index is 0.450. The molecule has 2 N–H and O–H groups in total.